The number of carboxylic acids is 3. The molecule has 0 saturated carbocycles. The number of carboxylic acid groups (broad SMARTS) is 3. The Hall–Kier alpha value is -3.74. The van der Waals surface area contributed by atoms with E-state index in [1.165, 1.54) is 31.0 Å². The highest BCUT2D eigenvalue weighted by atomic mass is 32.2. The van der Waals surface area contributed by atoms with Gasteiger partial charge in [0.1, 0.15) is 29.7 Å². The molecule has 2 amide bonds. The summed E-state index contributed by atoms with van der Waals surface area (Å²) in [7, 11) is 0. The maximum Gasteiger partial charge on any atom is 0.350 e. The van der Waals surface area contributed by atoms with Gasteiger partial charge in [-0.1, -0.05) is 5.16 Å². The van der Waals surface area contributed by atoms with Crippen LogP contribution < -0.4 is 21.9 Å². The van der Waals surface area contributed by atoms with Crippen LogP contribution in [0.1, 0.15) is 51.6 Å². The Bertz CT molecular complexity index is 1420. The van der Waals surface area contributed by atoms with E-state index in [1.807, 2.05) is 0 Å². The highest BCUT2D eigenvalue weighted by Gasteiger charge is 2.54. The van der Waals surface area contributed by atoms with Crippen molar-refractivity contribution in [2.24, 2.45) is 10.9 Å². The lowest BCUT2D eigenvalue weighted by atomic mass is 10.0. The number of anilines is 1. The number of hydrogen-bond acceptors (Lipinski definition) is 13. The summed E-state index contributed by atoms with van der Waals surface area (Å²) in [6, 6.07) is -2.02. The van der Waals surface area contributed by atoms with E-state index < -0.39 is 58.5 Å². The van der Waals surface area contributed by atoms with Crippen molar-refractivity contribution in [1.82, 2.24) is 15.2 Å². The third kappa shape index (κ3) is 7.57. The Morgan fingerprint density at radius 1 is 1.27 bits per heavy atom. The molecule has 18 heteroatoms. The average molecular weight is 668 g/mol. The van der Waals surface area contributed by atoms with Crippen LogP contribution in [0.3, 0.4) is 0 Å². The summed E-state index contributed by atoms with van der Waals surface area (Å²) in [6.45, 7) is 5.28. The number of likely N-dealkylation sites (tertiary alicyclic amines) is 1. The summed E-state index contributed by atoms with van der Waals surface area (Å²) >= 11 is 2.33. The van der Waals surface area contributed by atoms with Gasteiger partial charge in [0.15, 0.2) is 10.8 Å². The van der Waals surface area contributed by atoms with Gasteiger partial charge >= 0.3 is 11.9 Å². The van der Waals surface area contributed by atoms with Crippen molar-refractivity contribution in [3.05, 3.63) is 22.3 Å². The second-order valence-electron chi connectivity index (χ2n) is 11.8. The second-order valence-corrected chi connectivity index (χ2v) is 13.8. The van der Waals surface area contributed by atoms with Crippen LogP contribution in [0.25, 0.3) is 0 Å². The van der Waals surface area contributed by atoms with Crippen molar-refractivity contribution >= 4 is 63.7 Å². The van der Waals surface area contributed by atoms with Crippen molar-refractivity contribution in [2.75, 3.05) is 37.7 Å². The number of aromatic nitrogens is 1. The minimum absolute atomic E-state index is 0.0123. The number of nitrogens with two attached hydrogens (primary N) is 2. The minimum Gasteiger partial charge on any atom is -0.543 e. The molecular weight excluding hydrogens is 630 g/mol. The normalized spacial score (nSPS) is 22.0. The molecule has 1 aromatic heterocycles. The highest BCUT2D eigenvalue weighted by Crippen LogP contribution is 2.41. The van der Waals surface area contributed by atoms with Gasteiger partial charge in [0, 0.05) is 29.5 Å². The van der Waals surface area contributed by atoms with Crippen LogP contribution in [0.15, 0.2) is 21.8 Å². The van der Waals surface area contributed by atoms with Crippen LogP contribution in [-0.4, -0.2) is 115 Å². The van der Waals surface area contributed by atoms with Crippen LogP contribution in [-0.2, 0) is 28.8 Å². The molecule has 2 fully saturated rings. The molecule has 1 aromatic rings. The predicted octanol–water partition coefficient (Wildman–Crippen LogP) is -1.09. The quantitative estimate of drug-likeness (QED) is 0.0491. The highest BCUT2D eigenvalue weighted by molar-refractivity contribution is 8.00. The Balaban J connectivity index is 1.49. The van der Waals surface area contributed by atoms with Gasteiger partial charge in [-0.15, -0.1) is 23.1 Å². The third-order valence-electron chi connectivity index (χ3n) is 8.14. The topological polar surface area (TPSA) is 251 Å². The molecule has 7 N–H and O–H groups in total. The number of carbonyl (C=O) groups excluding carboxylic acids is 3. The summed E-state index contributed by atoms with van der Waals surface area (Å²) < 4.78 is 0.630. The number of unbranched alkanes of at least 4 members (excludes halogenated alkanes) is 1. The number of β-lactam (4-membered cyclic amide) rings is 1. The molecule has 3 atom stereocenters. The molecule has 3 aliphatic heterocycles. The maximum absolute atomic E-state index is 13.3. The van der Waals surface area contributed by atoms with E-state index in [1.54, 1.807) is 0 Å². The van der Waals surface area contributed by atoms with Gasteiger partial charge in [-0.3, -0.25) is 19.3 Å². The number of nitrogens with one attached hydrogen (secondary N) is 1. The van der Waals surface area contributed by atoms with E-state index in [4.69, 9.17) is 21.4 Å². The fourth-order valence-corrected chi connectivity index (χ4v) is 7.49. The van der Waals surface area contributed by atoms with Gasteiger partial charge in [-0.05, 0) is 33.1 Å². The standard InChI is InChI=1S/C27H37N7O9S2/c1-27(2,25(41)42)43-32-17(16-13-45-26(29)30-16)20(35)31-18-21(36)33-19(24(39)40)14(12-44-22(18)33)11-34(9-5-6-10-34)8-4-3-7-15(28)23(37)38/h13,15,18,22H,3-12,28H2,1-2H3,(H5-,29,30,31,35,37,38,39,40,41,42)/b32-17-/t15-,18+,22?/m0/s1. The molecule has 4 rings (SSSR count). The minimum atomic E-state index is -1.78. The first-order chi connectivity index (χ1) is 21.2. The lowest BCUT2D eigenvalue weighted by Gasteiger charge is -2.51. The average Bonchev–Trinajstić information content (AvgIpc) is 3.62. The SMILES string of the molecule is CC(C)(O/N=C(\C(=O)N[C@@H]1C(=O)N2C(C(=O)[O-])=C(C[N+]3(CCCC[C@H](N)C(=O)O)CCCC3)CSC12)c1csc(N)n1)C(=O)O. The summed E-state index contributed by atoms with van der Waals surface area (Å²) in [6.07, 6.45) is 3.64. The van der Waals surface area contributed by atoms with Crippen LogP contribution >= 0.6 is 23.1 Å². The number of thioether (sulfide) groups is 1. The van der Waals surface area contributed by atoms with Gasteiger partial charge in [0.25, 0.3) is 11.8 Å². The van der Waals surface area contributed by atoms with Gasteiger partial charge in [0.05, 0.1) is 31.3 Å². The molecule has 0 radical (unpaired) electrons. The first-order valence-electron chi connectivity index (χ1n) is 14.4. The number of hydrogen-bond donors (Lipinski definition) is 5. The van der Waals surface area contributed by atoms with Crippen molar-refractivity contribution in [3.63, 3.8) is 0 Å². The molecular formula is C27H37N7O9S2. The molecule has 1 unspecified atom stereocenters. The molecule has 0 aliphatic carbocycles. The summed E-state index contributed by atoms with van der Waals surface area (Å²) in [5.74, 6) is -5.08. The number of aliphatic carboxylic acids is 3. The number of nitrogens with zero attached hydrogens (tertiary/aromatic N) is 4. The predicted molar refractivity (Wildman–Crippen MR) is 161 cm³/mol. The van der Waals surface area contributed by atoms with Crippen molar-refractivity contribution in [3.8, 4) is 0 Å². The Morgan fingerprint density at radius 3 is 2.53 bits per heavy atom. The number of fused-ring (bicyclic) bond motifs is 1. The maximum atomic E-state index is 13.3. The van der Waals surface area contributed by atoms with Crippen molar-refractivity contribution in [1.29, 1.82) is 0 Å². The van der Waals surface area contributed by atoms with Crippen LogP contribution in [0, 0.1) is 0 Å². The number of nitrogen functional groups attached to an aromatic ring is 1. The van der Waals surface area contributed by atoms with E-state index in [-0.39, 0.29) is 16.5 Å². The number of amides is 2. The Morgan fingerprint density at radius 2 is 1.96 bits per heavy atom. The number of quaternary nitrogens is 1. The molecule has 0 spiro atoms. The molecule has 0 aromatic carbocycles. The van der Waals surface area contributed by atoms with Crippen molar-refractivity contribution in [2.45, 2.75) is 69.0 Å². The first kappa shape index (κ1) is 34.1. The molecule has 0 bridgehead atoms. The number of carbonyl (C=O) groups is 5. The van der Waals surface area contributed by atoms with Crippen LogP contribution in [0.2, 0.25) is 0 Å². The largest absolute Gasteiger partial charge is 0.543 e. The van der Waals surface area contributed by atoms with E-state index in [0.717, 1.165) is 55.1 Å². The fourth-order valence-electron chi connectivity index (χ4n) is 5.61. The molecule has 16 nitrogen and oxygen atoms in total. The summed E-state index contributed by atoms with van der Waals surface area (Å²) in [5, 5.41) is 37.9. The number of rotatable bonds is 15. The lowest BCUT2D eigenvalue weighted by molar-refractivity contribution is -0.912. The molecule has 45 heavy (non-hydrogen) atoms. The summed E-state index contributed by atoms with van der Waals surface area (Å²) in [5.41, 5.74) is 9.55. The monoisotopic (exact) mass is 667 g/mol. The Labute approximate surface area is 267 Å². The van der Waals surface area contributed by atoms with Gasteiger partial charge in [-0.25, -0.2) is 9.78 Å². The zero-order valence-corrected chi connectivity index (χ0v) is 26.5. The van der Waals surface area contributed by atoms with E-state index in [2.05, 4.69) is 15.5 Å². The first-order valence-corrected chi connectivity index (χ1v) is 16.3. The zero-order chi connectivity index (χ0) is 33.1. The number of oxime groups is 1. The van der Waals surface area contributed by atoms with E-state index in [9.17, 15) is 34.2 Å². The van der Waals surface area contributed by atoms with Crippen LogP contribution in [0.5, 0.6) is 0 Å². The van der Waals surface area contributed by atoms with E-state index in [0.29, 0.717) is 35.2 Å². The lowest BCUT2D eigenvalue weighted by Crippen LogP contribution is -2.72. The fraction of sp³-hybridized carbons (Fsp3) is 0.593. The molecule has 246 valence electrons. The van der Waals surface area contributed by atoms with Crippen LogP contribution in [0.4, 0.5) is 5.13 Å². The molecule has 2 saturated heterocycles. The van der Waals surface area contributed by atoms with Gasteiger partial charge in [-0.2, -0.15) is 0 Å². The number of thiazole rings is 1. The Kier molecular flexibility index (Phi) is 10.4. The molecule has 4 heterocycles. The molecule has 3 aliphatic rings. The van der Waals surface area contributed by atoms with Crippen molar-refractivity contribution < 1.29 is 48.6 Å². The van der Waals surface area contributed by atoms with Gasteiger partial charge in [0.2, 0.25) is 5.60 Å². The zero-order valence-electron chi connectivity index (χ0n) is 24.9. The third-order valence-corrected chi connectivity index (χ3v) is 10.2. The second kappa shape index (κ2) is 13.7. The summed E-state index contributed by atoms with van der Waals surface area (Å²) in [4.78, 5) is 71.8. The van der Waals surface area contributed by atoms with Gasteiger partial charge < -0.3 is 46.2 Å². The van der Waals surface area contributed by atoms with E-state index >= 15 is 0 Å². The smallest absolute Gasteiger partial charge is 0.350 e.